The van der Waals surface area contributed by atoms with Crippen LogP contribution in [-0.4, -0.2) is 42.2 Å². The Bertz CT molecular complexity index is 858. The van der Waals surface area contributed by atoms with Gasteiger partial charge in [-0.2, -0.15) is 0 Å². The molecule has 7 heteroatoms. The van der Waals surface area contributed by atoms with Crippen molar-refractivity contribution in [1.29, 1.82) is 0 Å². The summed E-state index contributed by atoms with van der Waals surface area (Å²) in [6, 6.07) is 6.83. The SMILES string of the molecule is Cc1c2n(c(OCC3COCCO3)cc1=O)CCc1cc(O)ccc1-2.[CH3-].[W]. The Balaban J connectivity index is 0.00000131. The van der Waals surface area contributed by atoms with Crippen molar-refractivity contribution in [3.63, 3.8) is 0 Å². The summed E-state index contributed by atoms with van der Waals surface area (Å²) in [5.41, 5.74) is 3.52. The number of nitrogens with zero attached hydrogens (tertiary/aromatic N) is 1. The van der Waals surface area contributed by atoms with E-state index in [9.17, 15) is 9.90 Å². The van der Waals surface area contributed by atoms with E-state index in [2.05, 4.69) is 0 Å². The predicted octanol–water partition coefficient (Wildman–Crippen LogP) is 2.33. The summed E-state index contributed by atoms with van der Waals surface area (Å²) in [6.45, 7) is 4.56. The molecular formula is C20H24NO5W-. The van der Waals surface area contributed by atoms with E-state index < -0.39 is 0 Å². The Kier molecular flexibility index (Phi) is 7.26. The maximum atomic E-state index is 12.4. The zero-order valence-corrected chi connectivity index (χ0v) is 18.5. The molecule has 6 nitrogen and oxygen atoms in total. The van der Waals surface area contributed by atoms with Crippen LogP contribution < -0.4 is 10.2 Å². The molecule has 2 aliphatic rings. The molecule has 146 valence electrons. The maximum Gasteiger partial charge on any atom is 0.197 e. The van der Waals surface area contributed by atoms with Gasteiger partial charge in [0.15, 0.2) is 11.3 Å². The Morgan fingerprint density at radius 3 is 2.85 bits per heavy atom. The molecule has 1 N–H and O–H groups in total. The van der Waals surface area contributed by atoms with E-state index >= 15 is 0 Å². The molecule has 0 bridgehead atoms. The van der Waals surface area contributed by atoms with Crippen LogP contribution in [0.3, 0.4) is 0 Å². The van der Waals surface area contributed by atoms with Gasteiger partial charge >= 0.3 is 0 Å². The van der Waals surface area contributed by atoms with E-state index in [4.69, 9.17) is 14.2 Å². The number of aryl methyl sites for hydroxylation is 1. The number of benzene rings is 1. The molecule has 4 rings (SSSR count). The number of aromatic nitrogens is 1. The summed E-state index contributed by atoms with van der Waals surface area (Å²) in [7, 11) is 0. The summed E-state index contributed by atoms with van der Waals surface area (Å²) in [4.78, 5) is 12.4. The number of hydrogen-bond donors (Lipinski definition) is 1. The molecule has 0 aliphatic carbocycles. The molecule has 1 atom stereocenters. The minimum atomic E-state index is -0.116. The summed E-state index contributed by atoms with van der Waals surface area (Å²) < 4.78 is 19.0. The molecule has 0 saturated carbocycles. The van der Waals surface area contributed by atoms with Gasteiger partial charge in [-0.15, -0.1) is 0 Å². The fourth-order valence-electron chi connectivity index (χ4n) is 3.48. The van der Waals surface area contributed by atoms with Crippen LogP contribution in [0.4, 0.5) is 0 Å². The van der Waals surface area contributed by atoms with Crippen LogP contribution in [0.5, 0.6) is 11.6 Å². The summed E-state index contributed by atoms with van der Waals surface area (Å²) >= 11 is 0. The number of rotatable bonds is 3. The second-order valence-corrected chi connectivity index (χ2v) is 6.44. The molecule has 1 unspecified atom stereocenters. The average molecular weight is 542 g/mol. The van der Waals surface area contributed by atoms with Gasteiger partial charge in [0, 0.05) is 44.8 Å². The summed E-state index contributed by atoms with van der Waals surface area (Å²) in [5.74, 6) is 0.799. The van der Waals surface area contributed by atoms with Crippen molar-refractivity contribution in [2.24, 2.45) is 0 Å². The largest absolute Gasteiger partial charge is 0.508 e. The molecule has 0 radical (unpaired) electrons. The molecular weight excluding hydrogens is 518 g/mol. The molecule has 2 aliphatic heterocycles. The van der Waals surface area contributed by atoms with E-state index in [0.29, 0.717) is 44.4 Å². The molecule has 0 spiro atoms. The van der Waals surface area contributed by atoms with Gasteiger partial charge in [0.25, 0.3) is 0 Å². The topological polar surface area (TPSA) is 69.9 Å². The number of hydrogen-bond acceptors (Lipinski definition) is 5. The van der Waals surface area contributed by atoms with Crippen molar-refractivity contribution in [2.45, 2.75) is 26.0 Å². The van der Waals surface area contributed by atoms with Crippen molar-refractivity contribution in [2.75, 3.05) is 26.4 Å². The third kappa shape index (κ3) is 4.28. The molecule has 27 heavy (non-hydrogen) atoms. The van der Waals surface area contributed by atoms with Crippen LogP contribution in [0.25, 0.3) is 11.3 Å². The van der Waals surface area contributed by atoms with Crippen LogP contribution >= 0.6 is 0 Å². The van der Waals surface area contributed by atoms with E-state index in [-0.39, 0.29) is 45.8 Å². The van der Waals surface area contributed by atoms with E-state index in [0.717, 1.165) is 23.2 Å². The maximum absolute atomic E-state index is 12.4. The van der Waals surface area contributed by atoms with Crippen molar-refractivity contribution < 1.29 is 40.4 Å². The summed E-state index contributed by atoms with van der Waals surface area (Å²) in [6.07, 6.45) is 0.660. The predicted molar refractivity (Wildman–Crippen MR) is 98.7 cm³/mol. The van der Waals surface area contributed by atoms with Gasteiger partial charge in [-0.05, 0) is 37.1 Å². The number of phenols is 1. The number of ether oxygens (including phenoxy) is 3. The monoisotopic (exact) mass is 542 g/mol. The molecule has 1 saturated heterocycles. The van der Waals surface area contributed by atoms with Crippen molar-refractivity contribution in [1.82, 2.24) is 4.57 Å². The Hall–Kier alpha value is -1.62. The Morgan fingerprint density at radius 1 is 1.30 bits per heavy atom. The van der Waals surface area contributed by atoms with Crippen molar-refractivity contribution in [3.8, 4) is 22.9 Å². The van der Waals surface area contributed by atoms with Crippen LogP contribution in [0.2, 0.25) is 0 Å². The Labute approximate surface area is 173 Å². The molecule has 1 aromatic carbocycles. The zero-order valence-electron chi connectivity index (χ0n) is 15.6. The fourth-order valence-corrected chi connectivity index (χ4v) is 3.48. The minimum Gasteiger partial charge on any atom is -0.508 e. The van der Waals surface area contributed by atoms with Gasteiger partial charge in [-0.25, -0.2) is 0 Å². The smallest absolute Gasteiger partial charge is 0.197 e. The first-order valence-corrected chi connectivity index (χ1v) is 8.52. The normalized spacial score (nSPS) is 17.7. The third-order valence-corrected chi connectivity index (χ3v) is 4.77. The van der Waals surface area contributed by atoms with Gasteiger partial charge in [0.05, 0.1) is 25.5 Å². The first-order chi connectivity index (χ1) is 12.1. The number of fused-ring (bicyclic) bond motifs is 3. The minimum absolute atomic E-state index is 0. The molecule has 1 fully saturated rings. The van der Waals surface area contributed by atoms with Crippen molar-refractivity contribution >= 4 is 0 Å². The van der Waals surface area contributed by atoms with Gasteiger partial charge in [0.1, 0.15) is 18.5 Å². The van der Waals surface area contributed by atoms with Gasteiger partial charge in [0.2, 0.25) is 0 Å². The van der Waals surface area contributed by atoms with Crippen LogP contribution in [0.15, 0.2) is 29.1 Å². The molecule has 2 aromatic rings. The van der Waals surface area contributed by atoms with Gasteiger partial charge in [-0.3, -0.25) is 4.79 Å². The van der Waals surface area contributed by atoms with Gasteiger partial charge < -0.3 is 31.3 Å². The number of phenolic OH excluding ortho intramolecular Hbond substituents is 1. The zero-order chi connectivity index (χ0) is 17.4. The molecule has 0 amide bonds. The average Bonchev–Trinajstić information content (AvgIpc) is 2.63. The van der Waals surface area contributed by atoms with E-state index in [1.807, 2.05) is 17.6 Å². The third-order valence-electron chi connectivity index (χ3n) is 4.77. The van der Waals surface area contributed by atoms with Crippen LogP contribution in [-0.2, 0) is 43.5 Å². The Morgan fingerprint density at radius 2 is 2.11 bits per heavy atom. The van der Waals surface area contributed by atoms with Crippen molar-refractivity contribution in [3.05, 3.63) is 53.0 Å². The second-order valence-electron chi connectivity index (χ2n) is 6.44. The first kappa shape index (κ1) is 21.7. The number of aromatic hydroxyl groups is 1. The molecule has 3 heterocycles. The molecule has 1 aromatic heterocycles. The van der Waals surface area contributed by atoms with E-state index in [1.54, 1.807) is 18.2 Å². The quantitative estimate of drug-likeness (QED) is 0.604. The van der Waals surface area contributed by atoms with E-state index in [1.165, 1.54) is 0 Å². The van der Waals surface area contributed by atoms with Gasteiger partial charge in [-0.1, -0.05) is 0 Å². The van der Waals surface area contributed by atoms with Crippen LogP contribution in [0.1, 0.15) is 11.1 Å². The second kappa shape index (κ2) is 9.05. The fraction of sp³-hybridized carbons (Fsp3) is 0.400. The standard InChI is InChI=1S/C19H21NO5.CH3.W/c1-12-17(22)9-18(25-11-15-10-23-6-7-24-15)20-5-4-13-8-14(21)2-3-16(13)19(12)20;;/h2-3,8-9,15,21H,4-7,10-11H2,1H3;1H3;/q;-1;. The summed E-state index contributed by atoms with van der Waals surface area (Å²) in [5, 5.41) is 9.72. The number of pyridine rings is 1. The van der Waals surface area contributed by atoms with Crippen LogP contribution in [0, 0.1) is 14.4 Å². The first-order valence-electron chi connectivity index (χ1n) is 8.52.